The number of benzene rings is 1. The number of nitrogens with zero attached hydrogens (tertiary/aromatic N) is 1. The van der Waals surface area contributed by atoms with Gasteiger partial charge in [-0.05, 0) is 25.0 Å². The topological polar surface area (TPSA) is 79.2 Å². The summed E-state index contributed by atoms with van der Waals surface area (Å²) in [6.45, 7) is 3.63. The highest BCUT2D eigenvalue weighted by Gasteiger charge is 2.17. The van der Waals surface area contributed by atoms with E-state index in [4.69, 9.17) is 10.00 Å². The normalized spacial score (nSPS) is 11.2. The van der Waals surface area contributed by atoms with Crippen LogP contribution in [0.2, 0.25) is 0 Å². The van der Waals surface area contributed by atoms with Crippen molar-refractivity contribution in [1.82, 2.24) is 4.72 Å². The first kappa shape index (κ1) is 16.6. The number of unbranched alkanes of at least 4 members (excludes halogenated alkanes) is 1. The molecule has 0 aromatic heterocycles. The van der Waals surface area contributed by atoms with Crippen molar-refractivity contribution in [2.75, 3.05) is 19.8 Å². The molecule has 0 spiro atoms. The number of hydrogen-bond acceptors (Lipinski definition) is 4. The average molecular weight is 296 g/mol. The Morgan fingerprint density at radius 1 is 1.25 bits per heavy atom. The van der Waals surface area contributed by atoms with Crippen molar-refractivity contribution in [3.05, 3.63) is 29.8 Å². The summed E-state index contributed by atoms with van der Waals surface area (Å²) in [4.78, 5) is 0.0226. The minimum atomic E-state index is -3.63. The quantitative estimate of drug-likeness (QED) is 0.707. The van der Waals surface area contributed by atoms with Crippen LogP contribution in [-0.2, 0) is 14.8 Å². The Balaban J connectivity index is 2.45. The van der Waals surface area contributed by atoms with Crippen LogP contribution in [0.3, 0.4) is 0 Å². The Kier molecular flexibility index (Phi) is 7.23. The molecule has 0 amide bonds. The van der Waals surface area contributed by atoms with E-state index in [9.17, 15) is 8.42 Å². The van der Waals surface area contributed by atoms with Gasteiger partial charge < -0.3 is 4.74 Å². The first-order chi connectivity index (χ1) is 9.61. The van der Waals surface area contributed by atoms with Gasteiger partial charge in [0.2, 0.25) is 10.0 Å². The van der Waals surface area contributed by atoms with Crippen LogP contribution >= 0.6 is 0 Å². The maximum Gasteiger partial charge on any atom is 0.241 e. The summed E-state index contributed by atoms with van der Waals surface area (Å²) in [6, 6.07) is 8.04. The average Bonchev–Trinajstić information content (AvgIpc) is 2.46. The van der Waals surface area contributed by atoms with Crippen LogP contribution in [0.25, 0.3) is 0 Å². The fraction of sp³-hybridized carbons (Fsp3) is 0.500. The van der Waals surface area contributed by atoms with Crippen molar-refractivity contribution in [2.45, 2.75) is 31.1 Å². The lowest BCUT2D eigenvalue weighted by Crippen LogP contribution is -2.26. The Morgan fingerprint density at radius 2 is 1.95 bits per heavy atom. The van der Waals surface area contributed by atoms with Crippen LogP contribution < -0.4 is 4.72 Å². The second-order valence-electron chi connectivity index (χ2n) is 4.33. The molecule has 0 bridgehead atoms. The van der Waals surface area contributed by atoms with Gasteiger partial charge in [-0.2, -0.15) is 5.26 Å². The van der Waals surface area contributed by atoms with Gasteiger partial charge in [0.05, 0.1) is 10.5 Å². The molecular weight excluding hydrogens is 276 g/mol. The molecule has 20 heavy (non-hydrogen) atoms. The summed E-state index contributed by atoms with van der Waals surface area (Å²) in [5, 5.41) is 8.91. The van der Waals surface area contributed by atoms with Gasteiger partial charge in [-0.3, -0.25) is 0 Å². The molecule has 1 rings (SSSR count). The zero-order valence-electron chi connectivity index (χ0n) is 11.6. The molecule has 0 unspecified atom stereocenters. The van der Waals surface area contributed by atoms with E-state index in [1.54, 1.807) is 12.1 Å². The van der Waals surface area contributed by atoms with E-state index in [0.29, 0.717) is 26.2 Å². The zero-order chi connectivity index (χ0) is 14.8. The Morgan fingerprint density at radius 3 is 2.65 bits per heavy atom. The van der Waals surface area contributed by atoms with Crippen LogP contribution in [0, 0.1) is 11.3 Å². The fourth-order valence-electron chi connectivity index (χ4n) is 1.60. The lowest BCUT2D eigenvalue weighted by atomic mass is 10.2. The van der Waals surface area contributed by atoms with E-state index in [0.717, 1.165) is 12.8 Å². The van der Waals surface area contributed by atoms with E-state index in [1.807, 2.05) is 6.07 Å². The van der Waals surface area contributed by atoms with E-state index in [-0.39, 0.29) is 10.5 Å². The summed E-state index contributed by atoms with van der Waals surface area (Å²) in [5.41, 5.74) is 0.152. The van der Waals surface area contributed by atoms with Gasteiger partial charge in [-0.15, -0.1) is 0 Å². The van der Waals surface area contributed by atoms with Crippen LogP contribution in [0.15, 0.2) is 29.2 Å². The summed E-state index contributed by atoms with van der Waals surface area (Å²) in [6.07, 6.45) is 2.70. The van der Waals surface area contributed by atoms with Crippen molar-refractivity contribution in [2.24, 2.45) is 0 Å². The zero-order valence-corrected chi connectivity index (χ0v) is 12.4. The van der Waals surface area contributed by atoms with E-state index in [2.05, 4.69) is 11.6 Å². The Bertz CT molecular complexity index is 550. The molecule has 110 valence electrons. The van der Waals surface area contributed by atoms with Crippen LogP contribution in [-0.4, -0.2) is 28.2 Å². The number of sulfonamides is 1. The summed E-state index contributed by atoms with van der Waals surface area (Å²) >= 11 is 0. The Labute approximate surface area is 120 Å². The second-order valence-corrected chi connectivity index (χ2v) is 6.06. The third-order valence-electron chi connectivity index (χ3n) is 2.70. The monoisotopic (exact) mass is 296 g/mol. The molecule has 5 nitrogen and oxygen atoms in total. The van der Waals surface area contributed by atoms with Gasteiger partial charge in [-0.1, -0.05) is 25.5 Å². The molecule has 0 radical (unpaired) electrons. The van der Waals surface area contributed by atoms with Crippen LogP contribution in [0.5, 0.6) is 0 Å². The standard InChI is InChI=1S/C14H20N2O3S/c1-2-3-10-19-11-6-9-16-20(17,18)14-8-5-4-7-13(14)12-15/h4-5,7-8,16H,2-3,6,9-11H2,1H3. The Hall–Kier alpha value is -1.42. The summed E-state index contributed by atoms with van der Waals surface area (Å²) in [7, 11) is -3.63. The van der Waals surface area contributed by atoms with Gasteiger partial charge in [0.25, 0.3) is 0 Å². The summed E-state index contributed by atoms with van der Waals surface area (Å²) in [5.74, 6) is 0. The third kappa shape index (κ3) is 5.29. The van der Waals surface area contributed by atoms with Gasteiger partial charge in [-0.25, -0.2) is 13.1 Å². The maximum atomic E-state index is 12.0. The molecule has 0 aliphatic carbocycles. The molecule has 0 fully saturated rings. The number of nitriles is 1. The van der Waals surface area contributed by atoms with E-state index >= 15 is 0 Å². The highest BCUT2D eigenvalue weighted by Crippen LogP contribution is 2.13. The minimum absolute atomic E-state index is 0.0226. The van der Waals surface area contributed by atoms with Crippen molar-refractivity contribution < 1.29 is 13.2 Å². The minimum Gasteiger partial charge on any atom is -0.381 e. The molecule has 6 heteroatoms. The number of hydrogen-bond donors (Lipinski definition) is 1. The first-order valence-corrected chi connectivity index (χ1v) is 8.16. The molecular formula is C14H20N2O3S. The third-order valence-corrected chi connectivity index (χ3v) is 4.22. The molecule has 0 heterocycles. The number of rotatable bonds is 9. The lowest BCUT2D eigenvalue weighted by Gasteiger charge is -2.08. The fourth-order valence-corrected chi connectivity index (χ4v) is 2.83. The molecule has 1 N–H and O–H groups in total. The smallest absolute Gasteiger partial charge is 0.241 e. The molecule has 0 aliphatic heterocycles. The van der Waals surface area contributed by atoms with Gasteiger partial charge in [0, 0.05) is 19.8 Å². The van der Waals surface area contributed by atoms with Crippen molar-refractivity contribution in [1.29, 1.82) is 5.26 Å². The molecule has 0 atom stereocenters. The second kappa shape index (κ2) is 8.69. The molecule has 0 saturated heterocycles. The lowest BCUT2D eigenvalue weighted by molar-refractivity contribution is 0.130. The molecule has 0 saturated carbocycles. The molecule has 0 aliphatic rings. The van der Waals surface area contributed by atoms with Crippen LogP contribution in [0.4, 0.5) is 0 Å². The number of ether oxygens (including phenoxy) is 1. The number of nitrogens with one attached hydrogen (secondary N) is 1. The van der Waals surface area contributed by atoms with Gasteiger partial charge in [0.15, 0.2) is 0 Å². The maximum absolute atomic E-state index is 12.0. The van der Waals surface area contributed by atoms with Crippen molar-refractivity contribution in [3.63, 3.8) is 0 Å². The highest BCUT2D eigenvalue weighted by atomic mass is 32.2. The van der Waals surface area contributed by atoms with Crippen molar-refractivity contribution >= 4 is 10.0 Å². The predicted molar refractivity (Wildman–Crippen MR) is 76.7 cm³/mol. The van der Waals surface area contributed by atoms with Gasteiger partial charge >= 0.3 is 0 Å². The highest BCUT2D eigenvalue weighted by molar-refractivity contribution is 7.89. The van der Waals surface area contributed by atoms with E-state index in [1.165, 1.54) is 12.1 Å². The van der Waals surface area contributed by atoms with Gasteiger partial charge in [0.1, 0.15) is 6.07 Å². The summed E-state index contributed by atoms with van der Waals surface area (Å²) < 4.78 is 31.9. The SMILES string of the molecule is CCCCOCCCNS(=O)(=O)c1ccccc1C#N. The van der Waals surface area contributed by atoms with E-state index < -0.39 is 10.0 Å². The molecule has 1 aromatic carbocycles. The molecule has 1 aromatic rings. The van der Waals surface area contributed by atoms with Crippen molar-refractivity contribution in [3.8, 4) is 6.07 Å². The predicted octanol–water partition coefficient (Wildman–Crippen LogP) is 2.04. The van der Waals surface area contributed by atoms with Crippen LogP contribution in [0.1, 0.15) is 31.7 Å². The largest absolute Gasteiger partial charge is 0.381 e. The first-order valence-electron chi connectivity index (χ1n) is 6.68.